The van der Waals surface area contributed by atoms with Gasteiger partial charge in [0.05, 0.1) is 11.8 Å². The Kier molecular flexibility index (Phi) is 6.59. The SMILES string of the molecule is CNc1nc(N2CCN(C(C)=O)CC2)c(C#N)c(C)c1N=Nc1c(C#N)cnn1-c1ncccn1. The highest BCUT2D eigenvalue weighted by molar-refractivity contribution is 5.76. The molecule has 0 aliphatic carbocycles. The summed E-state index contributed by atoms with van der Waals surface area (Å²) in [6, 6.07) is 5.94. The zero-order chi connectivity index (χ0) is 24.9. The highest BCUT2D eigenvalue weighted by atomic mass is 16.2. The van der Waals surface area contributed by atoms with Crippen molar-refractivity contribution >= 4 is 29.0 Å². The number of hydrogen-bond donors (Lipinski definition) is 1. The number of piperazine rings is 1. The van der Waals surface area contributed by atoms with Gasteiger partial charge in [0.2, 0.25) is 5.91 Å². The molecule has 1 aliphatic heterocycles. The number of carbonyl (C=O) groups excluding carboxylic acids is 1. The molecule has 35 heavy (non-hydrogen) atoms. The van der Waals surface area contributed by atoms with E-state index in [0.29, 0.717) is 54.6 Å². The van der Waals surface area contributed by atoms with Gasteiger partial charge in [0.15, 0.2) is 11.6 Å². The molecule has 1 fully saturated rings. The fourth-order valence-corrected chi connectivity index (χ4v) is 3.73. The van der Waals surface area contributed by atoms with Crippen LogP contribution in [0.1, 0.15) is 23.6 Å². The standard InChI is InChI=1S/C22H22N12O/c1-14-17(12-24)21(33-9-7-32(8-10-33)15(2)35)29-19(25-3)18(14)30-31-20-16(11-23)13-28-34(20)22-26-5-4-6-27-22/h4-6,13H,7-10H2,1-3H3,(H,25,29). The van der Waals surface area contributed by atoms with Crippen molar-refractivity contribution in [1.82, 2.24) is 29.6 Å². The number of anilines is 2. The van der Waals surface area contributed by atoms with Gasteiger partial charge in [0.1, 0.15) is 29.2 Å². The molecule has 3 aromatic rings. The first-order valence-electron chi connectivity index (χ1n) is 10.8. The summed E-state index contributed by atoms with van der Waals surface area (Å²) < 4.78 is 1.32. The first-order chi connectivity index (χ1) is 17.0. The van der Waals surface area contributed by atoms with Crippen molar-refractivity contribution < 1.29 is 4.79 Å². The quantitative estimate of drug-likeness (QED) is 0.550. The zero-order valence-corrected chi connectivity index (χ0v) is 19.5. The number of nitriles is 2. The number of amides is 1. The molecule has 0 saturated carbocycles. The van der Waals surface area contributed by atoms with Gasteiger partial charge in [0.25, 0.3) is 5.95 Å². The molecule has 0 radical (unpaired) electrons. The largest absolute Gasteiger partial charge is 0.371 e. The number of hydrogen-bond acceptors (Lipinski definition) is 11. The monoisotopic (exact) mass is 470 g/mol. The third-order valence-electron chi connectivity index (χ3n) is 5.62. The summed E-state index contributed by atoms with van der Waals surface area (Å²) in [5.41, 5.74) is 1.51. The van der Waals surface area contributed by atoms with E-state index in [0.717, 1.165) is 0 Å². The Morgan fingerprint density at radius 2 is 1.83 bits per heavy atom. The molecule has 13 nitrogen and oxygen atoms in total. The second-order valence-corrected chi connectivity index (χ2v) is 7.64. The number of aromatic nitrogens is 5. The van der Waals surface area contributed by atoms with Gasteiger partial charge in [0, 0.05) is 58.1 Å². The fraction of sp³-hybridized carbons (Fsp3) is 0.318. The summed E-state index contributed by atoms with van der Waals surface area (Å²) in [5, 5.41) is 35.3. The van der Waals surface area contributed by atoms with E-state index in [1.807, 2.05) is 11.0 Å². The van der Waals surface area contributed by atoms with Gasteiger partial charge in [-0.25, -0.2) is 15.0 Å². The van der Waals surface area contributed by atoms with E-state index in [1.54, 1.807) is 44.3 Å². The summed E-state index contributed by atoms with van der Waals surface area (Å²) in [4.78, 5) is 28.4. The lowest BCUT2D eigenvalue weighted by Gasteiger charge is -2.35. The van der Waals surface area contributed by atoms with E-state index in [2.05, 4.69) is 41.7 Å². The van der Waals surface area contributed by atoms with Gasteiger partial charge < -0.3 is 15.1 Å². The van der Waals surface area contributed by atoms with Crippen molar-refractivity contribution in [3.8, 4) is 18.1 Å². The Hall–Kier alpha value is -4.91. The first-order valence-corrected chi connectivity index (χ1v) is 10.8. The van der Waals surface area contributed by atoms with Crippen LogP contribution < -0.4 is 10.2 Å². The Bertz CT molecular complexity index is 1360. The van der Waals surface area contributed by atoms with E-state index in [9.17, 15) is 15.3 Å². The summed E-state index contributed by atoms with van der Waals surface area (Å²) in [6.45, 7) is 5.55. The summed E-state index contributed by atoms with van der Waals surface area (Å²) >= 11 is 0. The minimum absolute atomic E-state index is 0.0258. The molecule has 13 heteroatoms. The number of azo groups is 1. The van der Waals surface area contributed by atoms with Crippen LogP contribution in [0.15, 0.2) is 34.9 Å². The van der Waals surface area contributed by atoms with E-state index >= 15 is 0 Å². The molecule has 1 amide bonds. The Morgan fingerprint density at radius 3 is 2.43 bits per heavy atom. The second-order valence-electron chi connectivity index (χ2n) is 7.64. The first kappa shape index (κ1) is 23.3. The van der Waals surface area contributed by atoms with Gasteiger partial charge in [-0.1, -0.05) is 0 Å². The van der Waals surface area contributed by atoms with Crippen LogP contribution in [0.3, 0.4) is 0 Å². The van der Waals surface area contributed by atoms with E-state index in [4.69, 9.17) is 0 Å². The zero-order valence-electron chi connectivity index (χ0n) is 19.5. The van der Waals surface area contributed by atoms with Crippen molar-refractivity contribution in [2.75, 3.05) is 43.4 Å². The Labute approximate surface area is 201 Å². The average Bonchev–Trinajstić information content (AvgIpc) is 3.31. The highest BCUT2D eigenvalue weighted by Crippen LogP contribution is 2.36. The van der Waals surface area contributed by atoms with Gasteiger partial charge in [-0.3, -0.25) is 4.79 Å². The number of nitrogens with one attached hydrogen (secondary N) is 1. The number of rotatable bonds is 5. The molecule has 176 valence electrons. The maximum atomic E-state index is 11.7. The molecule has 3 aromatic heterocycles. The third-order valence-corrected chi connectivity index (χ3v) is 5.62. The van der Waals surface area contributed by atoms with Crippen LogP contribution in [-0.4, -0.2) is 68.8 Å². The molecule has 1 saturated heterocycles. The molecule has 0 aromatic carbocycles. The molecule has 4 rings (SSSR count). The summed E-state index contributed by atoms with van der Waals surface area (Å²) in [7, 11) is 1.70. The van der Waals surface area contributed by atoms with Crippen molar-refractivity contribution in [2.45, 2.75) is 13.8 Å². The fourth-order valence-electron chi connectivity index (χ4n) is 3.73. The molecule has 4 heterocycles. The smallest absolute Gasteiger partial charge is 0.252 e. The number of nitrogens with zero attached hydrogens (tertiary/aromatic N) is 11. The highest BCUT2D eigenvalue weighted by Gasteiger charge is 2.25. The van der Waals surface area contributed by atoms with Crippen molar-refractivity contribution in [2.24, 2.45) is 10.2 Å². The maximum Gasteiger partial charge on any atom is 0.252 e. The van der Waals surface area contributed by atoms with Gasteiger partial charge in [-0.05, 0) is 13.0 Å². The minimum Gasteiger partial charge on any atom is -0.371 e. The predicted octanol–water partition coefficient (Wildman–Crippen LogP) is 2.23. The molecular weight excluding hydrogens is 448 g/mol. The lowest BCUT2D eigenvalue weighted by Crippen LogP contribution is -2.48. The van der Waals surface area contributed by atoms with Crippen LogP contribution in [0, 0.1) is 29.6 Å². The van der Waals surface area contributed by atoms with Crippen LogP contribution in [0.25, 0.3) is 5.95 Å². The van der Waals surface area contributed by atoms with Crippen molar-refractivity contribution in [3.05, 3.63) is 41.3 Å². The van der Waals surface area contributed by atoms with E-state index in [1.165, 1.54) is 10.9 Å². The predicted molar refractivity (Wildman–Crippen MR) is 126 cm³/mol. The van der Waals surface area contributed by atoms with Gasteiger partial charge in [-0.2, -0.15) is 20.3 Å². The average molecular weight is 471 g/mol. The second kappa shape index (κ2) is 9.93. The molecule has 1 N–H and O–H groups in total. The van der Waals surface area contributed by atoms with Crippen LogP contribution in [0.5, 0.6) is 0 Å². The molecule has 1 aliphatic rings. The summed E-state index contributed by atoms with van der Waals surface area (Å²) in [6.07, 6.45) is 4.47. The van der Waals surface area contributed by atoms with Crippen LogP contribution in [0.4, 0.5) is 23.1 Å². The third kappa shape index (κ3) is 4.47. The minimum atomic E-state index is 0.0258. The van der Waals surface area contributed by atoms with Crippen molar-refractivity contribution in [3.63, 3.8) is 0 Å². The van der Waals surface area contributed by atoms with Crippen LogP contribution >= 0.6 is 0 Å². The van der Waals surface area contributed by atoms with E-state index in [-0.39, 0.29) is 23.2 Å². The van der Waals surface area contributed by atoms with Gasteiger partial charge in [-0.15, -0.1) is 10.2 Å². The maximum absolute atomic E-state index is 11.7. The molecule has 0 atom stereocenters. The van der Waals surface area contributed by atoms with Gasteiger partial charge >= 0.3 is 0 Å². The lowest BCUT2D eigenvalue weighted by molar-refractivity contribution is -0.129. The summed E-state index contributed by atoms with van der Waals surface area (Å²) in [5.74, 6) is 1.37. The molecule has 0 spiro atoms. The van der Waals surface area contributed by atoms with Crippen LogP contribution in [0.2, 0.25) is 0 Å². The topological polar surface area (TPSA) is 164 Å². The Morgan fingerprint density at radius 1 is 1.11 bits per heavy atom. The molecule has 0 bridgehead atoms. The van der Waals surface area contributed by atoms with Crippen molar-refractivity contribution in [1.29, 1.82) is 10.5 Å². The normalized spacial score (nSPS) is 13.5. The molecular formula is C22H22N12O. The molecule has 0 unspecified atom stereocenters. The number of carbonyl (C=O) groups is 1. The van der Waals surface area contributed by atoms with E-state index < -0.39 is 0 Å². The van der Waals surface area contributed by atoms with Crippen LogP contribution in [-0.2, 0) is 4.79 Å². The Balaban J connectivity index is 1.74. The lowest BCUT2D eigenvalue weighted by atomic mass is 10.1. The number of pyridine rings is 1.